The van der Waals surface area contributed by atoms with Crippen LogP contribution in [0.3, 0.4) is 0 Å². The van der Waals surface area contributed by atoms with E-state index < -0.39 is 6.41 Å². The normalized spacial score (nSPS) is 13.2. The van der Waals surface area contributed by atoms with Gasteiger partial charge in [-0.1, -0.05) is 90.1 Å². The SMILES string of the molecule is COc1cc(Cl)c(Sc2ccccc2C=O)c(CNC(O)OCC2c3ccccc3-c3ccccc32)c1. The van der Waals surface area contributed by atoms with Crippen molar-refractivity contribution in [1.82, 2.24) is 5.32 Å². The Bertz CT molecular complexity index is 1380. The summed E-state index contributed by atoms with van der Waals surface area (Å²) in [4.78, 5) is 13.1. The first kappa shape index (κ1) is 25.5. The molecule has 7 heteroatoms. The fourth-order valence-corrected chi connectivity index (χ4v) is 6.01. The molecule has 0 amide bonds. The van der Waals surface area contributed by atoms with E-state index in [0.717, 1.165) is 21.6 Å². The molecule has 1 aliphatic rings. The van der Waals surface area contributed by atoms with Gasteiger partial charge in [-0.15, -0.1) is 0 Å². The van der Waals surface area contributed by atoms with Crippen molar-refractivity contribution in [2.75, 3.05) is 13.7 Å². The van der Waals surface area contributed by atoms with E-state index >= 15 is 0 Å². The summed E-state index contributed by atoms with van der Waals surface area (Å²) in [7, 11) is 1.58. The minimum atomic E-state index is -1.19. The zero-order valence-corrected chi connectivity index (χ0v) is 21.8. The van der Waals surface area contributed by atoms with Crippen LogP contribution in [0.5, 0.6) is 5.75 Å². The average molecular weight is 532 g/mol. The standard InChI is InChI=1S/C30H26ClNO4S/c1-35-21-14-20(29(27(31)15-21)37-28-13-7-2-8-19(28)17-33)16-32-30(34)36-18-26-24-11-5-3-9-22(24)23-10-4-6-12-25(23)26/h2-15,17,26,30,32,34H,16,18H2,1H3. The van der Waals surface area contributed by atoms with Gasteiger partial charge in [0.15, 0.2) is 6.29 Å². The van der Waals surface area contributed by atoms with Crippen LogP contribution in [-0.2, 0) is 11.3 Å². The summed E-state index contributed by atoms with van der Waals surface area (Å²) in [6.45, 7) is 0.608. The number of carbonyl (C=O) groups excluding carboxylic acids is 1. The van der Waals surface area contributed by atoms with Gasteiger partial charge in [0.1, 0.15) is 5.75 Å². The summed E-state index contributed by atoms with van der Waals surface area (Å²) in [6, 6.07) is 27.5. The van der Waals surface area contributed by atoms with Crippen LogP contribution in [0.4, 0.5) is 0 Å². The highest BCUT2D eigenvalue weighted by Crippen LogP contribution is 2.44. The first-order chi connectivity index (χ1) is 18.1. The lowest BCUT2D eigenvalue weighted by Crippen LogP contribution is -2.32. The van der Waals surface area contributed by atoms with Crippen LogP contribution in [0.15, 0.2) is 94.7 Å². The number of rotatable bonds is 10. The van der Waals surface area contributed by atoms with Gasteiger partial charge < -0.3 is 14.6 Å². The van der Waals surface area contributed by atoms with Gasteiger partial charge in [-0.2, -0.15) is 0 Å². The Morgan fingerprint density at radius 1 is 1.00 bits per heavy atom. The topological polar surface area (TPSA) is 67.8 Å². The van der Waals surface area contributed by atoms with Crippen molar-refractivity contribution in [2.24, 2.45) is 0 Å². The monoisotopic (exact) mass is 531 g/mol. The Morgan fingerprint density at radius 3 is 2.32 bits per heavy atom. The van der Waals surface area contributed by atoms with Crippen LogP contribution in [0.2, 0.25) is 5.02 Å². The number of aliphatic hydroxyl groups excluding tert-OH is 1. The van der Waals surface area contributed by atoms with Gasteiger partial charge in [0.2, 0.25) is 6.41 Å². The number of methoxy groups -OCH3 is 1. The molecule has 0 bridgehead atoms. The summed E-state index contributed by atoms with van der Waals surface area (Å²) in [5, 5.41) is 14.2. The Morgan fingerprint density at radius 2 is 1.65 bits per heavy atom. The Labute approximate surface area is 225 Å². The van der Waals surface area contributed by atoms with Crippen LogP contribution in [0.25, 0.3) is 11.1 Å². The van der Waals surface area contributed by atoms with Gasteiger partial charge in [-0.3, -0.25) is 10.1 Å². The van der Waals surface area contributed by atoms with Crippen LogP contribution in [0.1, 0.15) is 33.0 Å². The largest absolute Gasteiger partial charge is 0.497 e. The van der Waals surface area contributed by atoms with Crippen molar-refractivity contribution >= 4 is 29.6 Å². The predicted octanol–water partition coefficient (Wildman–Crippen LogP) is 6.51. The molecule has 0 heterocycles. The minimum Gasteiger partial charge on any atom is -0.497 e. The molecular formula is C30H26ClNO4S. The smallest absolute Gasteiger partial charge is 0.213 e. The lowest BCUT2D eigenvalue weighted by atomic mass is 9.98. The van der Waals surface area contributed by atoms with E-state index in [9.17, 15) is 9.90 Å². The van der Waals surface area contributed by atoms with Crippen LogP contribution < -0.4 is 10.1 Å². The second-order valence-corrected chi connectivity index (χ2v) is 10.1. The molecule has 5 nitrogen and oxygen atoms in total. The Balaban J connectivity index is 1.30. The quantitative estimate of drug-likeness (QED) is 0.180. The molecule has 2 N–H and O–H groups in total. The fourth-order valence-electron chi connectivity index (χ4n) is 4.65. The third-order valence-corrected chi connectivity index (χ3v) is 8.13. The third-order valence-electron chi connectivity index (χ3n) is 6.44. The van der Waals surface area contributed by atoms with Gasteiger partial charge in [-0.25, -0.2) is 0 Å². The number of hydrogen-bond donors (Lipinski definition) is 2. The Kier molecular flexibility index (Phi) is 7.93. The van der Waals surface area contributed by atoms with E-state index in [1.807, 2.05) is 48.5 Å². The molecular weight excluding hydrogens is 506 g/mol. The van der Waals surface area contributed by atoms with Crippen molar-refractivity contribution in [3.8, 4) is 16.9 Å². The maximum atomic E-state index is 11.5. The molecule has 37 heavy (non-hydrogen) atoms. The van der Waals surface area contributed by atoms with Gasteiger partial charge in [-0.05, 0) is 46.0 Å². The third kappa shape index (κ3) is 5.44. The molecule has 0 saturated heterocycles. The molecule has 4 aromatic rings. The zero-order valence-electron chi connectivity index (χ0n) is 20.2. The highest BCUT2D eigenvalue weighted by atomic mass is 35.5. The zero-order chi connectivity index (χ0) is 25.8. The van der Waals surface area contributed by atoms with Crippen molar-refractivity contribution in [3.05, 3.63) is 112 Å². The van der Waals surface area contributed by atoms with Crippen molar-refractivity contribution in [2.45, 2.75) is 28.7 Å². The molecule has 0 radical (unpaired) electrons. The first-order valence-corrected chi connectivity index (χ1v) is 13.1. The average Bonchev–Trinajstić information content (AvgIpc) is 3.25. The lowest BCUT2D eigenvalue weighted by Gasteiger charge is -2.20. The van der Waals surface area contributed by atoms with E-state index in [1.54, 1.807) is 19.2 Å². The van der Waals surface area contributed by atoms with Crippen molar-refractivity contribution < 1.29 is 19.4 Å². The summed E-state index contributed by atoms with van der Waals surface area (Å²) in [5.74, 6) is 0.644. The molecule has 188 valence electrons. The van der Waals surface area contributed by atoms with Crippen LogP contribution in [0, 0.1) is 0 Å². The molecule has 0 spiro atoms. The molecule has 1 unspecified atom stereocenters. The number of benzene rings is 4. The Hall–Kier alpha value is -3.13. The van der Waals surface area contributed by atoms with Gasteiger partial charge in [0.25, 0.3) is 0 Å². The fraction of sp³-hybridized carbons (Fsp3) is 0.167. The van der Waals surface area contributed by atoms with E-state index in [-0.39, 0.29) is 12.5 Å². The number of nitrogens with one attached hydrogen (secondary N) is 1. The molecule has 5 rings (SSSR count). The maximum absolute atomic E-state index is 11.5. The maximum Gasteiger partial charge on any atom is 0.213 e. The number of hydrogen-bond acceptors (Lipinski definition) is 6. The number of aldehydes is 1. The van der Waals surface area contributed by atoms with Gasteiger partial charge in [0, 0.05) is 27.8 Å². The molecule has 0 aliphatic heterocycles. The molecule has 4 aromatic carbocycles. The first-order valence-electron chi connectivity index (χ1n) is 11.9. The molecule has 1 aliphatic carbocycles. The predicted molar refractivity (Wildman–Crippen MR) is 146 cm³/mol. The van der Waals surface area contributed by atoms with Crippen molar-refractivity contribution in [1.29, 1.82) is 0 Å². The highest BCUT2D eigenvalue weighted by Gasteiger charge is 2.28. The number of fused-ring (bicyclic) bond motifs is 3. The van der Waals surface area contributed by atoms with Crippen LogP contribution >= 0.6 is 23.4 Å². The molecule has 0 aromatic heterocycles. The van der Waals surface area contributed by atoms with Gasteiger partial charge >= 0.3 is 0 Å². The summed E-state index contributed by atoms with van der Waals surface area (Å²) in [5.41, 5.74) is 6.20. The second kappa shape index (κ2) is 11.5. The van der Waals surface area contributed by atoms with Gasteiger partial charge in [0.05, 0.1) is 18.7 Å². The number of halogens is 1. The molecule has 0 saturated carbocycles. The van der Waals surface area contributed by atoms with E-state index in [1.165, 1.54) is 34.0 Å². The minimum absolute atomic E-state index is 0.0427. The van der Waals surface area contributed by atoms with Crippen LogP contribution in [-0.4, -0.2) is 31.5 Å². The van der Waals surface area contributed by atoms with E-state index in [2.05, 4.69) is 29.6 Å². The summed E-state index contributed by atoms with van der Waals surface area (Å²) >= 11 is 8.01. The molecule has 0 fully saturated rings. The van der Waals surface area contributed by atoms with E-state index in [0.29, 0.717) is 22.9 Å². The van der Waals surface area contributed by atoms with E-state index in [4.69, 9.17) is 21.1 Å². The number of aliphatic hydroxyl groups is 1. The summed E-state index contributed by atoms with van der Waals surface area (Å²) in [6.07, 6.45) is -0.362. The number of carbonyl (C=O) groups is 1. The molecule has 1 atom stereocenters. The van der Waals surface area contributed by atoms with Crippen molar-refractivity contribution in [3.63, 3.8) is 0 Å². The summed E-state index contributed by atoms with van der Waals surface area (Å²) < 4.78 is 11.3. The lowest BCUT2D eigenvalue weighted by molar-refractivity contribution is -0.123. The number of ether oxygens (including phenoxy) is 2. The highest BCUT2D eigenvalue weighted by molar-refractivity contribution is 7.99. The second-order valence-electron chi connectivity index (χ2n) is 8.65.